The van der Waals surface area contributed by atoms with Gasteiger partial charge in [0.05, 0.1) is 103 Å². The van der Waals surface area contributed by atoms with Crippen LogP contribution in [0.3, 0.4) is 0 Å². The van der Waals surface area contributed by atoms with Gasteiger partial charge in [0.2, 0.25) is 0 Å². The average molecular weight is 1220 g/mol. The summed E-state index contributed by atoms with van der Waals surface area (Å²) in [4.78, 5) is 0. The van der Waals surface area contributed by atoms with Crippen LogP contribution in [0.25, 0.3) is 95.3 Å². The molecule has 0 bridgehead atoms. The fraction of sp³-hybridized carbons (Fsp3) is 0.294. The normalized spacial score (nSPS) is 23.1. The van der Waals surface area contributed by atoms with Crippen molar-refractivity contribution in [3.05, 3.63) is 174 Å². The summed E-state index contributed by atoms with van der Waals surface area (Å²) in [5.41, 5.74) is -4.69. The number of benzene rings is 8. The van der Waals surface area contributed by atoms with E-state index in [1.807, 2.05) is 55.4 Å². The summed E-state index contributed by atoms with van der Waals surface area (Å²) in [6, 6.07) is -14.6. The molecule has 3 aliphatic rings. The molecule has 7 heterocycles. The molecule has 3 fully saturated rings. The van der Waals surface area contributed by atoms with Gasteiger partial charge in [-0.1, -0.05) is 140 Å². The van der Waals surface area contributed by atoms with Crippen molar-refractivity contribution >= 4 is 149 Å². The van der Waals surface area contributed by atoms with E-state index in [4.69, 9.17) is 63.6 Å². The Labute approximate surface area is 539 Å². The lowest BCUT2D eigenvalue weighted by molar-refractivity contribution is 0.00578. The van der Waals surface area contributed by atoms with Gasteiger partial charge in [-0.25, -0.2) is 0 Å². The van der Waals surface area contributed by atoms with Gasteiger partial charge in [-0.15, -0.1) is 22.7 Å². The maximum atomic E-state index is 9.21. The van der Waals surface area contributed by atoms with Gasteiger partial charge >= 0.3 is 21.1 Å². The van der Waals surface area contributed by atoms with Crippen molar-refractivity contribution in [2.75, 3.05) is 0 Å². The highest BCUT2D eigenvalue weighted by atomic mass is 79.9. The predicted octanol–water partition coefficient (Wildman–Crippen LogP) is 18.9. The molecule has 0 spiro atoms. The fourth-order valence-electron chi connectivity index (χ4n) is 9.48. The lowest BCUT2D eigenvalue weighted by Gasteiger charge is -2.32. The van der Waals surface area contributed by atoms with Crippen molar-refractivity contribution in [3.8, 4) is 11.4 Å². The summed E-state index contributed by atoms with van der Waals surface area (Å²) in [7, 11) is -2.22. The molecule has 3 aliphatic heterocycles. The van der Waals surface area contributed by atoms with E-state index in [9.17, 15) is 2.74 Å². The Morgan fingerprint density at radius 3 is 1.07 bits per heavy atom. The van der Waals surface area contributed by atoms with Crippen LogP contribution < -0.4 is 5.46 Å². The quantitative estimate of drug-likeness (QED) is 0.164. The van der Waals surface area contributed by atoms with Gasteiger partial charge in [-0.2, -0.15) is 0 Å². The van der Waals surface area contributed by atoms with Gasteiger partial charge in [-0.3, -0.25) is 0 Å². The molecule has 0 saturated carbocycles. The van der Waals surface area contributed by atoms with Gasteiger partial charge in [-0.05, 0) is 149 Å². The number of fused-ring (bicyclic) bond motifs is 14. The lowest BCUT2D eigenvalue weighted by atomic mass is 9.49. The molecule has 0 radical (unpaired) electrons. The van der Waals surface area contributed by atoms with Gasteiger partial charge in [0.15, 0.2) is 0 Å². The minimum Gasteiger partial charge on any atom is -0.405 e. The van der Waals surface area contributed by atoms with Crippen LogP contribution in [-0.4, -0.2) is 63.9 Å². The van der Waals surface area contributed by atoms with Gasteiger partial charge in [0, 0.05) is 68.3 Å². The van der Waals surface area contributed by atoms with Crippen molar-refractivity contribution in [3.63, 3.8) is 0 Å². The first kappa shape index (κ1) is 33.1. The van der Waals surface area contributed by atoms with Crippen LogP contribution in [0.5, 0.6) is 0 Å². The standard InChI is InChI=1S/C30H26BNO2S.C24H14BrNS.C12H24B2O4.2CH4/c1-29(2)30(3,4)34-31(33-29)19-13-15-20(16-14-19)32-25-11-7-5-9-21(25)23-17-18-24-22-10-6-8-12-26(22)35-28(24)27(23)32;25-15-9-11-16(12-10-15)26-21-7-3-1-5-17(21)19-13-14-20-18-6-2-4-8-22(18)27-24(20)23(19)26;1-9(2)10(3,4)16-13(15-9)14-17-11(5,6)12(7,8)18-14;;/h5-18H,1-4H3;1-14H;1-8H3;2*1H4/i5D,6D,7D,8D,9D,10D,11D,12D,13D,14D,15D,16D,17D,18D;1D,2D,3D,4D,5D,6D,7D,8D,9D,10D,11D,12D,13D,14D;;;. The summed E-state index contributed by atoms with van der Waals surface area (Å²) in [6.45, 7) is 23.3. The van der Waals surface area contributed by atoms with Crippen molar-refractivity contribution in [1.29, 1.82) is 0 Å². The summed E-state index contributed by atoms with van der Waals surface area (Å²) < 4.78 is 281. The molecule has 3 saturated heterocycles. The maximum Gasteiger partial charge on any atom is 0.494 e. The second kappa shape index (κ2) is 20.8. The molecule has 82 heavy (non-hydrogen) atoms. The number of halogens is 1. The molecule has 0 atom stereocenters. The summed E-state index contributed by atoms with van der Waals surface area (Å²) in [6.07, 6.45) is 0. The van der Waals surface area contributed by atoms with Crippen molar-refractivity contribution < 1.29 is 66.3 Å². The van der Waals surface area contributed by atoms with Crippen molar-refractivity contribution in [1.82, 2.24) is 9.13 Å². The summed E-state index contributed by atoms with van der Waals surface area (Å²) >= 11 is 4.79. The highest BCUT2D eigenvalue weighted by Gasteiger charge is 2.64. The van der Waals surface area contributed by atoms with E-state index in [-0.39, 0.29) is 149 Å². The molecule has 12 aromatic rings. The van der Waals surface area contributed by atoms with Crippen LogP contribution in [0, 0.1) is 0 Å². The Kier molecular flexibility index (Phi) is 8.38. The first-order valence-corrected chi connectivity index (χ1v) is 27.8. The van der Waals surface area contributed by atoms with E-state index in [1.165, 1.54) is 0 Å². The van der Waals surface area contributed by atoms with Crippen LogP contribution in [0.15, 0.2) is 174 Å². The summed E-state index contributed by atoms with van der Waals surface area (Å²) in [5, 5.41) is -0.677. The molecule has 0 N–H and O–H groups in total. The largest absolute Gasteiger partial charge is 0.494 e. The molecule has 0 unspecified atom stereocenters. The van der Waals surface area contributed by atoms with E-state index in [2.05, 4.69) is 15.9 Å². The third-order valence-electron chi connectivity index (χ3n) is 15.8. The Morgan fingerprint density at radius 1 is 0.366 bits per heavy atom. The van der Waals surface area contributed by atoms with E-state index < -0.39 is 195 Å². The second-order valence-electron chi connectivity index (χ2n) is 22.3. The zero-order chi connectivity index (χ0) is 80.3. The third-order valence-corrected chi connectivity index (χ3v) is 18.5. The van der Waals surface area contributed by atoms with E-state index >= 15 is 0 Å². The van der Waals surface area contributed by atoms with Crippen LogP contribution in [0.4, 0.5) is 0 Å². The molecule has 0 amide bonds. The molecule has 0 aliphatic carbocycles. The average Bonchev–Trinajstić information content (AvgIpc) is 1.52. The Bertz CT molecular complexity index is 5960. The molecule has 14 heteroatoms. The zero-order valence-corrected chi connectivity index (χ0v) is 48.5. The van der Waals surface area contributed by atoms with Gasteiger partial charge < -0.3 is 37.1 Å². The van der Waals surface area contributed by atoms with Crippen LogP contribution in [0.2, 0.25) is 0 Å². The molecular formula is C68H72B3BrN2O6S2. The van der Waals surface area contributed by atoms with Crippen molar-refractivity contribution in [2.24, 2.45) is 0 Å². The minimum atomic E-state index is -1.27. The topological polar surface area (TPSA) is 65.2 Å². The number of hydrogen-bond donors (Lipinski definition) is 0. The monoisotopic (exact) mass is 1220 g/mol. The number of rotatable bonds is 4. The predicted molar refractivity (Wildman–Crippen MR) is 356 cm³/mol. The Hall–Kier alpha value is -5.77. The first-order valence-electron chi connectivity index (χ1n) is 39.4. The molecule has 8 nitrogen and oxygen atoms in total. The second-order valence-corrected chi connectivity index (χ2v) is 25.2. The third kappa shape index (κ3) is 9.45. The smallest absolute Gasteiger partial charge is 0.405 e. The van der Waals surface area contributed by atoms with Crippen molar-refractivity contribution in [2.45, 2.75) is 132 Å². The Balaban J connectivity index is 0.000000177. The van der Waals surface area contributed by atoms with Crippen LogP contribution in [0.1, 0.15) is 136 Å². The molecule has 4 aromatic heterocycles. The zero-order valence-electron chi connectivity index (χ0n) is 73.3. The van der Waals surface area contributed by atoms with E-state index in [1.54, 1.807) is 27.7 Å². The molecular weight excluding hydrogens is 1120 g/mol. The number of nitrogens with zero attached hydrogens (tertiary/aromatic N) is 2. The molecule has 8 aromatic carbocycles. The maximum absolute atomic E-state index is 9.21. The lowest BCUT2D eigenvalue weighted by Crippen LogP contribution is -2.41. The van der Waals surface area contributed by atoms with Gasteiger partial charge in [0.25, 0.3) is 0 Å². The SMILES string of the molecule is C.C.CC1(C)OB(B2OC(C)(C)C(C)(C)O2)OC1(C)C.[2H]c1c([2H])c(-n2c3c([2H])c([2H])c([2H])c([2H])c3c3c([2H])c([2H])c4c(sc5c([2H])c([2H])c([2H])c([2H])c54)c32)c([2H])c([2H])c1B1OC(C)(C)C(C)(C)O1.[2H]c1c([2H])c(-n2c3c([2H])c([2H])c([2H])c([2H])c3c3c([2H])c([2H])c4c(sc5c([2H])c([2H])c([2H])c([2H])c54)c32)c([2H])c([2H])c1Br. The number of para-hydroxylation sites is 2. The molecule has 15 rings (SSSR count). The van der Waals surface area contributed by atoms with Gasteiger partial charge in [0.1, 0.15) is 0 Å². The minimum absolute atomic E-state index is 0. The highest BCUT2D eigenvalue weighted by Crippen LogP contribution is 2.47. The number of hydrogen-bond acceptors (Lipinski definition) is 8. The molecule has 418 valence electrons. The van der Waals surface area contributed by atoms with E-state index in [0.29, 0.717) is 0 Å². The summed E-state index contributed by atoms with van der Waals surface area (Å²) in [5.74, 6) is 0. The van der Waals surface area contributed by atoms with E-state index in [0.717, 1.165) is 31.8 Å². The van der Waals surface area contributed by atoms with Crippen LogP contribution in [-0.2, 0) is 27.9 Å². The first-order chi connectivity index (χ1) is 49.7. The van der Waals surface area contributed by atoms with Crippen LogP contribution >= 0.6 is 38.6 Å². The number of thiophene rings is 2. The number of aromatic nitrogens is 2. The highest BCUT2D eigenvalue weighted by molar-refractivity contribution is 9.10. The fourth-order valence-corrected chi connectivity index (χ4v) is 11.9. The Morgan fingerprint density at radius 2 is 0.683 bits per heavy atom.